The average molecular weight is 426 g/mol. The molecule has 4 rings (SSSR count). The number of rotatable bonds is 5. The van der Waals surface area contributed by atoms with Crippen LogP contribution in [0.3, 0.4) is 0 Å². The van der Waals surface area contributed by atoms with Crippen molar-refractivity contribution in [2.45, 2.75) is 25.3 Å². The second-order valence-electron chi connectivity index (χ2n) is 7.84. The minimum Gasteiger partial charge on any atom is -0.371 e. The molecule has 2 aliphatic heterocycles. The van der Waals surface area contributed by atoms with Gasteiger partial charge in [-0.15, -0.1) is 0 Å². The fraction of sp³-hybridized carbons (Fsp3) is 0.348. The molecule has 30 heavy (non-hydrogen) atoms. The minimum absolute atomic E-state index is 0.0183. The first-order chi connectivity index (χ1) is 14.5. The van der Waals surface area contributed by atoms with Crippen LogP contribution in [0.15, 0.2) is 48.5 Å². The van der Waals surface area contributed by atoms with Gasteiger partial charge in [0.2, 0.25) is 11.8 Å². The number of halogens is 1. The van der Waals surface area contributed by atoms with Crippen LogP contribution in [0.25, 0.3) is 0 Å². The van der Waals surface area contributed by atoms with Gasteiger partial charge in [0.15, 0.2) is 0 Å². The highest BCUT2D eigenvalue weighted by atomic mass is 35.5. The minimum atomic E-state index is -0.199. The summed E-state index contributed by atoms with van der Waals surface area (Å²) in [5, 5.41) is 3.60. The second kappa shape index (κ2) is 8.88. The Labute approximate surface area is 180 Å². The first-order valence-electron chi connectivity index (χ1n) is 10.2. The normalized spacial score (nSPS) is 19.8. The monoisotopic (exact) mass is 425 g/mol. The lowest BCUT2D eigenvalue weighted by Crippen LogP contribution is -2.44. The summed E-state index contributed by atoms with van der Waals surface area (Å²) in [5.74, 6) is -0.0632. The zero-order valence-corrected chi connectivity index (χ0v) is 17.3. The topological polar surface area (TPSA) is 69.7 Å². The molecule has 0 bridgehead atoms. The fourth-order valence-electron chi connectivity index (χ4n) is 4.19. The van der Waals surface area contributed by atoms with Gasteiger partial charge in [-0.1, -0.05) is 23.7 Å². The van der Waals surface area contributed by atoms with E-state index in [1.807, 2.05) is 42.5 Å². The predicted molar refractivity (Wildman–Crippen MR) is 117 cm³/mol. The molecule has 2 aromatic carbocycles. The smallest absolute Gasteiger partial charge is 0.229 e. The Bertz CT molecular complexity index is 939. The lowest BCUT2D eigenvalue weighted by atomic mass is 9.95. The molecule has 0 aromatic heterocycles. The molecule has 0 saturated carbocycles. The van der Waals surface area contributed by atoms with E-state index in [0.29, 0.717) is 29.2 Å². The summed E-state index contributed by atoms with van der Waals surface area (Å²) >= 11 is 6.22. The van der Waals surface area contributed by atoms with Gasteiger partial charge in [0.05, 0.1) is 16.8 Å². The van der Waals surface area contributed by atoms with Gasteiger partial charge in [-0.25, -0.2) is 0 Å². The molecule has 2 aliphatic rings. The zero-order valence-electron chi connectivity index (χ0n) is 16.6. The molecule has 2 amide bonds. The molecule has 0 spiro atoms. The summed E-state index contributed by atoms with van der Waals surface area (Å²) < 4.78 is 0. The van der Waals surface area contributed by atoms with Gasteiger partial charge in [-0.2, -0.15) is 0 Å². The van der Waals surface area contributed by atoms with Crippen LogP contribution in [-0.2, 0) is 9.59 Å². The maximum atomic E-state index is 12.8. The van der Waals surface area contributed by atoms with Crippen molar-refractivity contribution in [2.24, 2.45) is 5.92 Å². The van der Waals surface area contributed by atoms with Crippen molar-refractivity contribution in [1.29, 1.82) is 0 Å². The number of piperidine rings is 1. The summed E-state index contributed by atoms with van der Waals surface area (Å²) in [4.78, 5) is 39.9. The van der Waals surface area contributed by atoms with Crippen molar-refractivity contribution in [3.63, 3.8) is 0 Å². The molecule has 6 nitrogen and oxygen atoms in total. The third kappa shape index (κ3) is 4.33. The zero-order chi connectivity index (χ0) is 21.1. The van der Waals surface area contributed by atoms with Crippen LogP contribution in [0.5, 0.6) is 0 Å². The molecule has 7 heteroatoms. The average Bonchev–Trinajstić information content (AvgIpc) is 3.14. The molecule has 2 saturated heterocycles. The Kier molecular flexibility index (Phi) is 6.04. The number of carbonyl (C=O) groups excluding carboxylic acids is 3. The van der Waals surface area contributed by atoms with Crippen LogP contribution in [0.1, 0.15) is 29.6 Å². The quantitative estimate of drug-likeness (QED) is 0.746. The van der Waals surface area contributed by atoms with Gasteiger partial charge >= 0.3 is 0 Å². The molecule has 0 radical (unpaired) electrons. The van der Waals surface area contributed by atoms with Gasteiger partial charge in [0.25, 0.3) is 0 Å². The summed E-state index contributed by atoms with van der Waals surface area (Å²) in [6.07, 6.45) is 2.65. The molecule has 2 aromatic rings. The molecule has 0 unspecified atom stereocenters. The molecule has 1 atom stereocenters. The van der Waals surface area contributed by atoms with Crippen LogP contribution < -0.4 is 15.1 Å². The summed E-state index contributed by atoms with van der Waals surface area (Å²) in [6.45, 7) is 2.01. The van der Waals surface area contributed by atoms with E-state index >= 15 is 0 Å². The fourth-order valence-corrected chi connectivity index (χ4v) is 4.43. The van der Waals surface area contributed by atoms with Gasteiger partial charge < -0.3 is 15.1 Å². The summed E-state index contributed by atoms with van der Waals surface area (Å²) in [5.41, 5.74) is 2.41. The van der Waals surface area contributed by atoms with Crippen molar-refractivity contribution >= 4 is 41.1 Å². The van der Waals surface area contributed by atoms with Crippen LogP contribution >= 0.6 is 11.6 Å². The Balaban J connectivity index is 1.30. The summed E-state index contributed by atoms with van der Waals surface area (Å²) in [7, 11) is 0. The van der Waals surface area contributed by atoms with E-state index in [0.717, 1.165) is 37.9 Å². The second-order valence-corrected chi connectivity index (χ2v) is 8.24. The summed E-state index contributed by atoms with van der Waals surface area (Å²) in [6, 6.07) is 14.6. The van der Waals surface area contributed by atoms with Crippen molar-refractivity contribution < 1.29 is 14.4 Å². The van der Waals surface area contributed by atoms with Crippen molar-refractivity contribution in [3.8, 4) is 0 Å². The Morgan fingerprint density at radius 2 is 1.77 bits per heavy atom. The van der Waals surface area contributed by atoms with E-state index in [2.05, 4.69) is 10.2 Å². The number of carbonyl (C=O) groups is 3. The molecule has 1 N–H and O–H groups in total. The highest BCUT2D eigenvalue weighted by Gasteiger charge is 2.34. The van der Waals surface area contributed by atoms with E-state index in [1.54, 1.807) is 11.0 Å². The van der Waals surface area contributed by atoms with E-state index in [4.69, 9.17) is 11.6 Å². The highest BCUT2D eigenvalue weighted by molar-refractivity contribution is 6.33. The number of nitrogens with one attached hydrogen (secondary N) is 1. The lowest BCUT2D eigenvalue weighted by Gasteiger charge is -2.33. The third-order valence-electron chi connectivity index (χ3n) is 5.87. The number of anilines is 2. The Morgan fingerprint density at radius 3 is 2.43 bits per heavy atom. The maximum Gasteiger partial charge on any atom is 0.229 e. The van der Waals surface area contributed by atoms with Crippen molar-refractivity contribution in [2.75, 3.05) is 29.4 Å². The first kappa shape index (κ1) is 20.4. The maximum absolute atomic E-state index is 12.8. The molecular weight excluding hydrogens is 402 g/mol. The van der Waals surface area contributed by atoms with Gasteiger partial charge in [0, 0.05) is 43.2 Å². The van der Waals surface area contributed by atoms with Crippen molar-refractivity contribution in [3.05, 3.63) is 59.1 Å². The lowest BCUT2D eigenvalue weighted by molar-refractivity contribution is -0.126. The van der Waals surface area contributed by atoms with E-state index in [1.165, 1.54) is 0 Å². The molecule has 2 fully saturated rings. The number of para-hydroxylation sites is 1. The molecule has 2 heterocycles. The SMILES string of the molecule is O=Cc1ccc(N2CCC(C(=O)N[C@H]3CC(=O)N(c4ccccc4Cl)C3)CC2)cc1. The largest absolute Gasteiger partial charge is 0.371 e. The molecule has 156 valence electrons. The van der Waals surface area contributed by atoms with Crippen LogP contribution in [0, 0.1) is 5.92 Å². The number of benzene rings is 2. The number of hydrogen-bond donors (Lipinski definition) is 1. The molecule has 0 aliphatic carbocycles. The van der Waals surface area contributed by atoms with E-state index < -0.39 is 0 Å². The Morgan fingerprint density at radius 1 is 1.07 bits per heavy atom. The van der Waals surface area contributed by atoms with Crippen LogP contribution in [0.2, 0.25) is 5.02 Å². The number of amides is 2. The highest BCUT2D eigenvalue weighted by Crippen LogP contribution is 2.29. The van der Waals surface area contributed by atoms with Gasteiger partial charge in [0.1, 0.15) is 6.29 Å². The Hall–Kier alpha value is -2.86. The van der Waals surface area contributed by atoms with Crippen LogP contribution in [0.4, 0.5) is 11.4 Å². The van der Waals surface area contributed by atoms with Crippen LogP contribution in [-0.4, -0.2) is 43.8 Å². The standard InChI is InChI=1S/C23H24ClN3O3/c24-20-3-1-2-4-21(20)27-14-18(13-22(27)29)25-23(30)17-9-11-26(12-10-17)19-7-5-16(15-28)6-8-19/h1-8,15,17-18H,9-14H2,(H,25,30)/t18-/m0/s1. The van der Waals surface area contributed by atoms with Crippen molar-refractivity contribution in [1.82, 2.24) is 5.32 Å². The first-order valence-corrected chi connectivity index (χ1v) is 10.6. The molecular formula is C23H24ClN3O3. The van der Waals surface area contributed by atoms with Gasteiger partial charge in [-0.05, 0) is 49.2 Å². The van der Waals surface area contributed by atoms with E-state index in [-0.39, 0.29) is 23.8 Å². The number of nitrogens with zero attached hydrogens (tertiary/aromatic N) is 2. The van der Waals surface area contributed by atoms with Gasteiger partial charge in [-0.3, -0.25) is 14.4 Å². The number of hydrogen-bond acceptors (Lipinski definition) is 4. The third-order valence-corrected chi connectivity index (χ3v) is 6.19. The predicted octanol–water partition coefficient (Wildman–Crippen LogP) is 3.29. The van der Waals surface area contributed by atoms with E-state index in [9.17, 15) is 14.4 Å². The number of aldehydes is 1.